The van der Waals surface area contributed by atoms with E-state index in [0.717, 1.165) is 57.8 Å². The molecule has 0 heterocycles. The summed E-state index contributed by atoms with van der Waals surface area (Å²) in [7, 11) is -4.37. The van der Waals surface area contributed by atoms with Crippen molar-refractivity contribution in [3.63, 3.8) is 0 Å². The molecule has 0 spiro atoms. The van der Waals surface area contributed by atoms with Crippen molar-refractivity contribution in [1.29, 1.82) is 0 Å². The molecule has 2 atom stereocenters. The Morgan fingerprint density at radius 2 is 1.22 bits per heavy atom. The highest BCUT2D eigenvalue weighted by molar-refractivity contribution is 7.47. The zero-order valence-corrected chi connectivity index (χ0v) is 28.7. The molecule has 0 aliphatic heterocycles. The summed E-state index contributed by atoms with van der Waals surface area (Å²) in [5.74, 6) is -0.913. The summed E-state index contributed by atoms with van der Waals surface area (Å²) in [5.41, 5.74) is 5.30. The smallest absolute Gasteiger partial charge is 0.462 e. The lowest BCUT2D eigenvalue weighted by atomic mass is 10.1. The Morgan fingerprint density at radius 3 is 1.80 bits per heavy atom. The molecule has 0 aliphatic rings. The van der Waals surface area contributed by atoms with Crippen molar-refractivity contribution in [3.05, 3.63) is 60.8 Å². The average molecular weight is 654 g/mol. The number of hydrogen-bond donors (Lipinski definition) is 2. The van der Waals surface area contributed by atoms with Crippen LogP contribution in [0.15, 0.2) is 60.8 Å². The van der Waals surface area contributed by atoms with Gasteiger partial charge in [0.25, 0.3) is 0 Å². The van der Waals surface area contributed by atoms with Crippen molar-refractivity contribution < 1.29 is 37.6 Å². The molecule has 9 nitrogen and oxygen atoms in total. The van der Waals surface area contributed by atoms with Crippen molar-refractivity contribution in [2.24, 2.45) is 5.73 Å². The zero-order chi connectivity index (χ0) is 33.3. The van der Waals surface area contributed by atoms with Crippen LogP contribution >= 0.6 is 7.82 Å². The quantitative estimate of drug-likeness (QED) is 0.0338. The van der Waals surface area contributed by atoms with Crippen LogP contribution in [0.2, 0.25) is 0 Å². The van der Waals surface area contributed by atoms with Crippen LogP contribution in [-0.2, 0) is 32.7 Å². The van der Waals surface area contributed by atoms with Gasteiger partial charge in [-0.05, 0) is 51.4 Å². The van der Waals surface area contributed by atoms with Crippen LogP contribution in [0.1, 0.15) is 117 Å². The molecule has 0 aromatic rings. The SMILES string of the molecule is CC/C=C/C/C=C/C/C=C/C/C=C/C/C=C/CCCC(=O)OC[C@@H](COP(=O)(O)OCCN)OC(=O)CCCCCCCCC. The van der Waals surface area contributed by atoms with E-state index in [2.05, 4.69) is 68.5 Å². The number of allylic oxidation sites excluding steroid dienone is 10. The maximum Gasteiger partial charge on any atom is 0.472 e. The molecule has 0 saturated heterocycles. The summed E-state index contributed by atoms with van der Waals surface area (Å²) in [6.45, 7) is 3.45. The number of esters is 2. The van der Waals surface area contributed by atoms with E-state index in [9.17, 15) is 19.0 Å². The monoisotopic (exact) mass is 653 g/mol. The Bertz CT molecular complexity index is 929. The molecule has 45 heavy (non-hydrogen) atoms. The number of rotatable bonds is 30. The molecule has 0 saturated carbocycles. The van der Waals surface area contributed by atoms with E-state index in [1.807, 2.05) is 6.08 Å². The highest BCUT2D eigenvalue weighted by Gasteiger charge is 2.25. The predicted octanol–water partition coefficient (Wildman–Crippen LogP) is 8.60. The first-order valence-electron chi connectivity index (χ1n) is 16.8. The minimum atomic E-state index is -4.37. The van der Waals surface area contributed by atoms with Gasteiger partial charge in [-0.1, -0.05) is 113 Å². The third kappa shape index (κ3) is 31.5. The second kappa shape index (κ2) is 31.7. The van der Waals surface area contributed by atoms with Gasteiger partial charge in [0.2, 0.25) is 0 Å². The van der Waals surface area contributed by atoms with Crippen molar-refractivity contribution in [1.82, 2.24) is 0 Å². The number of carbonyl (C=O) groups is 2. The normalized spacial score (nSPS) is 14.3. The van der Waals surface area contributed by atoms with Crippen molar-refractivity contribution >= 4 is 19.8 Å². The molecule has 258 valence electrons. The third-order valence-corrected chi connectivity index (χ3v) is 7.40. The first kappa shape index (κ1) is 42.7. The number of carbonyl (C=O) groups excluding carboxylic acids is 2. The maximum absolute atomic E-state index is 12.4. The Kier molecular flexibility index (Phi) is 30.1. The number of nitrogens with two attached hydrogens (primary N) is 1. The van der Waals surface area contributed by atoms with Gasteiger partial charge in [0.05, 0.1) is 13.2 Å². The Hall–Kier alpha value is -2.29. The first-order chi connectivity index (χ1) is 21.8. The van der Waals surface area contributed by atoms with Crippen LogP contribution in [0.5, 0.6) is 0 Å². The molecular weight excluding hydrogens is 593 g/mol. The van der Waals surface area contributed by atoms with E-state index in [-0.39, 0.29) is 32.6 Å². The molecule has 0 rings (SSSR count). The van der Waals surface area contributed by atoms with Gasteiger partial charge in [-0.25, -0.2) is 4.57 Å². The lowest BCUT2D eigenvalue weighted by molar-refractivity contribution is -0.161. The van der Waals surface area contributed by atoms with Crippen molar-refractivity contribution in [3.8, 4) is 0 Å². The number of ether oxygens (including phenoxy) is 2. The fourth-order valence-electron chi connectivity index (χ4n) is 3.96. The fraction of sp³-hybridized carbons (Fsp3) is 0.657. The molecule has 10 heteroatoms. The van der Waals surface area contributed by atoms with Gasteiger partial charge >= 0.3 is 19.8 Å². The van der Waals surface area contributed by atoms with Gasteiger partial charge in [0, 0.05) is 19.4 Å². The number of phosphoric acid groups is 1. The van der Waals surface area contributed by atoms with Gasteiger partial charge in [-0.3, -0.25) is 18.6 Å². The van der Waals surface area contributed by atoms with Gasteiger partial charge in [0.15, 0.2) is 6.10 Å². The highest BCUT2D eigenvalue weighted by atomic mass is 31.2. The second-order valence-electron chi connectivity index (χ2n) is 10.7. The number of unbranched alkanes of at least 4 members (excludes halogenated alkanes) is 7. The zero-order valence-electron chi connectivity index (χ0n) is 27.8. The van der Waals surface area contributed by atoms with Gasteiger partial charge < -0.3 is 20.1 Å². The molecule has 0 aromatic carbocycles. The minimum Gasteiger partial charge on any atom is -0.462 e. The van der Waals surface area contributed by atoms with E-state index in [0.29, 0.717) is 12.8 Å². The second-order valence-corrected chi connectivity index (χ2v) is 12.1. The van der Waals surface area contributed by atoms with E-state index >= 15 is 0 Å². The third-order valence-electron chi connectivity index (χ3n) is 6.42. The molecule has 0 bridgehead atoms. The van der Waals surface area contributed by atoms with Crippen molar-refractivity contribution in [2.75, 3.05) is 26.4 Å². The number of hydrogen-bond acceptors (Lipinski definition) is 8. The standard InChI is InChI=1S/C35H60NO8P/c1-3-5-7-9-11-12-13-14-15-16-17-18-19-20-22-23-25-27-34(37)41-31-33(32-43-45(39,40)42-30-29-36)44-35(38)28-26-24-21-10-8-6-4-2/h5,7,11-12,14-15,17-18,20,22,33H,3-4,6,8-10,13,16,19,21,23-32,36H2,1-2H3,(H,39,40)/b7-5+,12-11+,15-14+,18-17+,22-20+/t33-/m0/s1. The maximum atomic E-state index is 12.4. The summed E-state index contributed by atoms with van der Waals surface area (Å²) in [5, 5.41) is 0. The van der Waals surface area contributed by atoms with Gasteiger partial charge in [-0.15, -0.1) is 0 Å². The molecule has 0 amide bonds. The lowest BCUT2D eigenvalue weighted by Crippen LogP contribution is -2.29. The molecular formula is C35H60NO8P. The van der Waals surface area contributed by atoms with E-state index in [4.69, 9.17) is 24.3 Å². The summed E-state index contributed by atoms with van der Waals surface area (Å²) in [4.78, 5) is 34.4. The van der Waals surface area contributed by atoms with Crippen molar-refractivity contribution in [2.45, 2.75) is 123 Å². The van der Waals surface area contributed by atoms with Crippen LogP contribution in [0, 0.1) is 0 Å². The Balaban J connectivity index is 4.34. The van der Waals surface area contributed by atoms with Gasteiger partial charge in [-0.2, -0.15) is 0 Å². The molecule has 1 unspecified atom stereocenters. The largest absolute Gasteiger partial charge is 0.472 e. The fourth-order valence-corrected chi connectivity index (χ4v) is 4.73. The molecule has 3 N–H and O–H groups in total. The van der Waals surface area contributed by atoms with Crippen LogP contribution in [-0.4, -0.2) is 49.3 Å². The average Bonchev–Trinajstić information content (AvgIpc) is 3.02. The Morgan fingerprint density at radius 1 is 0.689 bits per heavy atom. The molecule has 0 fully saturated rings. The topological polar surface area (TPSA) is 134 Å². The molecule has 0 aliphatic carbocycles. The van der Waals surface area contributed by atoms with Crippen LogP contribution < -0.4 is 5.73 Å². The number of phosphoric ester groups is 1. The van der Waals surface area contributed by atoms with E-state index < -0.39 is 32.5 Å². The molecule has 0 aromatic heterocycles. The highest BCUT2D eigenvalue weighted by Crippen LogP contribution is 2.43. The lowest BCUT2D eigenvalue weighted by Gasteiger charge is -2.19. The van der Waals surface area contributed by atoms with Crippen LogP contribution in [0.4, 0.5) is 0 Å². The Labute approximate surface area is 272 Å². The summed E-state index contributed by atoms with van der Waals surface area (Å²) < 4.78 is 32.3. The predicted molar refractivity (Wildman–Crippen MR) is 183 cm³/mol. The van der Waals surface area contributed by atoms with Crippen LogP contribution in [0.3, 0.4) is 0 Å². The summed E-state index contributed by atoms with van der Waals surface area (Å²) in [6.07, 6.45) is 34.3. The molecule has 0 radical (unpaired) electrons. The van der Waals surface area contributed by atoms with Crippen LogP contribution in [0.25, 0.3) is 0 Å². The van der Waals surface area contributed by atoms with Gasteiger partial charge in [0.1, 0.15) is 6.61 Å². The summed E-state index contributed by atoms with van der Waals surface area (Å²) in [6, 6.07) is 0. The van der Waals surface area contributed by atoms with E-state index in [1.54, 1.807) is 0 Å². The van der Waals surface area contributed by atoms with E-state index in [1.165, 1.54) is 19.3 Å². The minimum absolute atomic E-state index is 0.0437. The summed E-state index contributed by atoms with van der Waals surface area (Å²) >= 11 is 0. The first-order valence-corrected chi connectivity index (χ1v) is 18.3.